The summed E-state index contributed by atoms with van der Waals surface area (Å²) in [6.07, 6.45) is 4.36. The lowest BCUT2D eigenvalue weighted by molar-refractivity contribution is 0.0198. The van der Waals surface area contributed by atoms with Crippen LogP contribution in [0.15, 0.2) is 24.4 Å². The first kappa shape index (κ1) is 24.0. The summed E-state index contributed by atoms with van der Waals surface area (Å²) in [5, 5.41) is 6.96. The quantitative estimate of drug-likeness (QED) is 0.667. The third-order valence-corrected chi connectivity index (χ3v) is 5.49. The first-order valence-electron chi connectivity index (χ1n) is 11.5. The topological polar surface area (TPSA) is 79.4 Å². The maximum atomic E-state index is 12.2. The molecule has 1 saturated heterocycles. The summed E-state index contributed by atoms with van der Waals surface area (Å²) in [6, 6.07) is 6.71. The molecule has 0 bridgehead atoms. The SMILES string of the molecule is CCc1nc(Nc2cc(C)cc(C)c2)ncc1CNC1CCN(C(=O)OC(C)(C)C)CC1. The molecule has 0 aliphatic carbocycles. The van der Waals surface area contributed by atoms with Crippen LogP contribution in [0.1, 0.15) is 62.9 Å². The zero-order chi connectivity index (χ0) is 23.3. The van der Waals surface area contributed by atoms with Crippen LogP contribution in [0.25, 0.3) is 0 Å². The molecule has 0 saturated carbocycles. The fraction of sp³-hybridized carbons (Fsp3) is 0.560. The lowest BCUT2D eigenvalue weighted by Crippen LogP contribution is -2.46. The molecule has 0 radical (unpaired) electrons. The maximum absolute atomic E-state index is 12.2. The summed E-state index contributed by atoms with van der Waals surface area (Å²) in [7, 11) is 0. The minimum atomic E-state index is -0.456. The molecular formula is C25H37N5O2. The summed E-state index contributed by atoms with van der Waals surface area (Å²) in [5.74, 6) is 0.626. The standard InChI is InChI=1S/C25H37N5O2/c1-7-22-19(16-27-23(29-22)28-21-13-17(2)12-18(3)14-21)15-26-20-8-10-30(11-9-20)24(31)32-25(4,5)6/h12-14,16,20,26H,7-11,15H2,1-6H3,(H,27,28,29). The fourth-order valence-electron chi connectivity index (χ4n) is 3.98. The number of piperidine rings is 1. The monoisotopic (exact) mass is 439 g/mol. The van der Waals surface area contributed by atoms with Gasteiger partial charge in [0.2, 0.25) is 5.95 Å². The summed E-state index contributed by atoms with van der Waals surface area (Å²) < 4.78 is 5.48. The Balaban J connectivity index is 1.54. The molecule has 1 aromatic carbocycles. The van der Waals surface area contributed by atoms with Crippen LogP contribution in [0.3, 0.4) is 0 Å². The van der Waals surface area contributed by atoms with Crippen LogP contribution in [0.5, 0.6) is 0 Å². The Morgan fingerprint density at radius 3 is 2.41 bits per heavy atom. The van der Waals surface area contributed by atoms with Crippen LogP contribution in [-0.2, 0) is 17.7 Å². The maximum Gasteiger partial charge on any atom is 0.410 e. The van der Waals surface area contributed by atoms with Crippen molar-refractivity contribution in [1.82, 2.24) is 20.2 Å². The number of hydrogen-bond acceptors (Lipinski definition) is 6. The summed E-state index contributed by atoms with van der Waals surface area (Å²) in [4.78, 5) is 23.3. The number of anilines is 2. The van der Waals surface area contributed by atoms with Crippen LogP contribution < -0.4 is 10.6 Å². The van der Waals surface area contributed by atoms with E-state index in [1.54, 1.807) is 4.90 Å². The van der Waals surface area contributed by atoms with Gasteiger partial charge in [-0.05, 0) is 77.1 Å². The van der Waals surface area contributed by atoms with Crippen molar-refractivity contribution >= 4 is 17.7 Å². The van der Waals surface area contributed by atoms with Crippen molar-refractivity contribution in [2.75, 3.05) is 18.4 Å². The van der Waals surface area contributed by atoms with Crippen LogP contribution in [0, 0.1) is 13.8 Å². The van der Waals surface area contributed by atoms with Gasteiger partial charge >= 0.3 is 6.09 Å². The highest BCUT2D eigenvalue weighted by atomic mass is 16.6. The largest absolute Gasteiger partial charge is 0.444 e. The van der Waals surface area contributed by atoms with Gasteiger partial charge in [0.25, 0.3) is 0 Å². The summed E-state index contributed by atoms with van der Waals surface area (Å²) in [6.45, 7) is 14.1. The van der Waals surface area contributed by atoms with Gasteiger partial charge in [-0.25, -0.2) is 14.8 Å². The number of likely N-dealkylation sites (tertiary alicyclic amines) is 1. The van der Waals surface area contributed by atoms with Gasteiger partial charge in [0.05, 0.1) is 5.69 Å². The Bertz CT molecular complexity index is 910. The van der Waals surface area contributed by atoms with Crippen molar-refractivity contribution in [3.63, 3.8) is 0 Å². The summed E-state index contributed by atoms with van der Waals surface area (Å²) in [5.41, 5.74) is 5.14. The second-order valence-electron chi connectivity index (χ2n) is 9.64. The molecule has 1 aromatic heterocycles. The highest BCUT2D eigenvalue weighted by Gasteiger charge is 2.26. The number of ether oxygens (including phenoxy) is 1. The number of nitrogens with one attached hydrogen (secondary N) is 2. The van der Waals surface area contributed by atoms with Crippen molar-refractivity contribution in [3.8, 4) is 0 Å². The molecular weight excluding hydrogens is 402 g/mol. The third kappa shape index (κ3) is 6.92. The van der Waals surface area contributed by atoms with Crippen LogP contribution >= 0.6 is 0 Å². The molecule has 7 nitrogen and oxygen atoms in total. The molecule has 0 unspecified atom stereocenters. The van der Waals surface area contributed by atoms with E-state index in [-0.39, 0.29) is 6.09 Å². The van der Waals surface area contributed by atoms with E-state index in [2.05, 4.69) is 54.6 Å². The van der Waals surface area contributed by atoms with Crippen molar-refractivity contribution in [2.24, 2.45) is 0 Å². The predicted molar refractivity (Wildman–Crippen MR) is 128 cm³/mol. The van der Waals surface area contributed by atoms with Gasteiger partial charge in [-0.2, -0.15) is 0 Å². The Hall–Kier alpha value is -2.67. The molecule has 1 fully saturated rings. The molecule has 1 aliphatic rings. The van der Waals surface area contributed by atoms with Gasteiger partial charge in [0.15, 0.2) is 0 Å². The number of aromatic nitrogens is 2. The Morgan fingerprint density at radius 2 is 1.81 bits per heavy atom. The molecule has 32 heavy (non-hydrogen) atoms. The second kappa shape index (κ2) is 10.3. The number of nitrogens with zero attached hydrogens (tertiary/aromatic N) is 3. The minimum absolute atomic E-state index is 0.218. The van der Waals surface area contributed by atoms with Gasteiger partial charge in [-0.1, -0.05) is 13.0 Å². The Morgan fingerprint density at radius 1 is 1.16 bits per heavy atom. The van der Waals surface area contributed by atoms with E-state index in [1.165, 1.54) is 11.1 Å². The average molecular weight is 440 g/mol. The van der Waals surface area contributed by atoms with Gasteiger partial charge in [0.1, 0.15) is 5.60 Å². The molecule has 0 atom stereocenters. The summed E-state index contributed by atoms with van der Waals surface area (Å²) >= 11 is 0. The van der Waals surface area contributed by atoms with E-state index in [4.69, 9.17) is 9.72 Å². The Kier molecular flexibility index (Phi) is 7.72. The highest BCUT2D eigenvalue weighted by Crippen LogP contribution is 2.19. The van der Waals surface area contributed by atoms with Gasteiger partial charge in [-0.15, -0.1) is 0 Å². The lowest BCUT2D eigenvalue weighted by atomic mass is 10.0. The predicted octanol–water partition coefficient (Wildman–Crippen LogP) is 4.89. The van der Waals surface area contributed by atoms with E-state index in [9.17, 15) is 4.79 Å². The average Bonchev–Trinajstić information content (AvgIpc) is 2.71. The first-order valence-corrected chi connectivity index (χ1v) is 11.5. The number of rotatable bonds is 6. The molecule has 1 amide bonds. The smallest absolute Gasteiger partial charge is 0.410 e. The van der Waals surface area contributed by atoms with Gasteiger partial charge < -0.3 is 20.3 Å². The van der Waals surface area contributed by atoms with E-state index < -0.39 is 5.60 Å². The van der Waals surface area contributed by atoms with E-state index in [1.807, 2.05) is 27.0 Å². The number of amides is 1. The molecule has 7 heteroatoms. The fourth-order valence-corrected chi connectivity index (χ4v) is 3.98. The van der Waals surface area contributed by atoms with E-state index in [0.29, 0.717) is 25.1 Å². The third-order valence-electron chi connectivity index (χ3n) is 5.49. The number of carbonyl (C=O) groups is 1. The number of benzene rings is 1. The van der Waals surface area contributed by atoms with Gasteiger partial charge in [0, 0.05) is 43.1 Å². The lowest BCUT2D eigenvalue weighted by Gasteiger charge is -2.33. The molecule has 1 aliphatic heterocycles. The second-order valence-corrected chi connectivity index (χ2v) is 9.64. The molecule has 2 heterocycles. The van der Waals surface area contributed by atoms with Crippen molar-refractivity contribution in [3.05, 3.63) is 46.8 Å². The Labute approximate surface area is 192 Å². The zero-order valence-corrected chi connectivity index (χ0v) is 20.3. The van der Waals surface area contributed by atoms with Crippen LogP contribution in [0.2, 0.25) is 0 Å². The molecule has 174 valence electrons. The molecule has 0 spiro atoms. The minimum Gasteiger partial charge on any atom is -0.444 e. The van der Waals surface area contributed by atoms with Crippen molar-refractivity contribution in [2.45, 2.75) is 79.0 Å². The van der Waals surface area contributed by atoms with Crippen LogP contribution in [0.4, 0.5) is 16.4 Å². The normalized spacial score (nSPS) is 15.0. The van der Waals surface area contributed by atoms with Crippen molar-refractivity contribution in [1.29, 1.82) is 0 Å². The zero-order valence-electron chi connectivity index (χ0n) is 20.3. The molecule has 2 N–H and O–H groups in total. The number of carbonyl (C=O) groups excluding carboxylic acids is 1. The van der Waals surface area contributed by atoms with Crippen molar-refractivity contribution < 1.29 is 9.53 Å². The number of aryl methyl sites for hydroxylation is 3. The van der Waals surface area contributed by atoms with E-state index >= 15 is 0 Å². The molecule has 3 rings (SSSR count). The number of hydrogen-bond donors (Lipinski definition) is 2. The van der Waals surface area contributed by atoms with Gasteiger partial charge in [-0.3, -0.25) is 0 Å². The highest BCUT2D eigenvalue weighted by molar-refractivity contribution is 5.68. The van der Waals surface area contributed by atoms with Crippen LogP contribution in [-0.4, -0.2) is 45.7 Å². The first-order chi connectivity index (χ1) is 15.1. The van der Waals surface area contributed by atoms with E-state index in [0.717, 1.165) is 42.8 Å². The molecule has 2 aromatic rings.